The van der Waals surface area contributed by atoms with Gasteiger partial charge in [0.1, 0.15) is 4.32 Å². The molecule has 3 N–H and O–H groups in total. The number of carbonyl (C=O) groups is 1. The van der Waals surface area contributed by atoms with Crippen LogP contribution in [0.3, 0.4) is 0 Å². The molecular weight excluding hydrogens is 366 g/mol. The molecule has 1 aromatic carbocycles. The summed E-state index contributed by atoms with van der Waals surface area (Å²) in [6.45, 7) is 7.50. The predicted octanol–water partition coefficient (Wildman–Crippen LogP) is 1.87. The fraction of sp³-hybridized carbons (Fsp3) is 0.467. The number of hydrogen-bond acceptors (Lipinski definition) is 5. The molecule has 0 aliphatic rings. The van der Waals surface area contributed by atoms with Gasteiger partial charge in [0.05, 0.1) is 16.7 Å². The van der Waals surface area contributed by atoms with E-state index in [1.165, 1.54) is 23.9 Å². The Morgan fingerprint density at radius 2 is 1.83 bits per heavy atom. The quantitative estimate of drug-likeness (QED) is 0.692. The summed E-state index contributed by atoms with van der Waals surface area (Å²) < 4.78 is 23.2. The first-order valence-electron chi connectivity index (χ1n) is 7.52. The molecule has 0 spiro atoms. The molecule has 0 radical (unpaired) electrons. The predicted molar refractivity (Wildman–Crippen MR) is 102 cm³/mol. The topological polar surface area (TPSA) is 92.5 Å². The van der Waals surface area contributed by atoms with Crippen LogP contribution in [0.1, 0.15) is 32.4 Å². The lowest BCUT2D eigenvalue weighted by atomic mass is 10.1. The lowest BCUT2D eigenvalue weighted by molar-refractivity contribution is -0.119. The first kappa shape index (κ1) is 20.9. The number of sulfonamides is 1. The molecule has 24 heavy (non-hydrogen) atoms. The monoisotopic (exact) mass is 389 g/mol. The zero-order chi connectivity index (χ0) is 18.3. The lowest BCUT2D eigenvalue weighted by Crippen LogP contribution is -2.31. The van der Waals surface area contributed by atoms with Crippen LogP contribution in [0, 0.1) is 0 Å². The van der Waals surface area contributed by atoms with Gasteiger partial charge in [-0.25, -0.2) is 13.6 Å². The zero-order valence-corrected chi connectivity index (χ0v) is 16.4. The number of amides is 1. The van der Waals surface area contributed by atoms with Crippen LogP contribution in [0.2, 0.25) is 0 Å². The van der Waals surface area contributed by atoms with Gasteiger partial charge in [-0.15, -0.1) is 0 Å². The molecule has 1 rings (SSSR count). The van der Waals surface area contributed by atoms with E-state index < -0.39 is 10.0 Å². The van der Waals surface area contributed by atoms with Gasteiger partial charge < -0.3 is 10.2 Å². The van der Waals surface area contributed by atoms with Crippen molar-refractivity contribution < 1.29 is 13.2 Å². The summed E-state index contributed by atoms with van der Waals surface area (Å²) in [5.74, 6) is 0.118. The van der Waals surface area contributed by atoms with Crippen molar-refractivity contribution in [1.82, 2.24) is 10.2 Å². The molecule has 0 saturated heterocycles. The highest BCUT2D eigenvalue weighted by atomic mass is 32.2. The molecule has 0 aliphatic heterocycles. The molecule has 0 aliphatic carbocycles. The molecular formula is C15H23N3O3S3. The summed E-state index contributed by atoms with van der Waals surface area (Å²) >= 11 is 6.62. The largest absolute Gasteiger partial charge is 0.358 e. The Kier molecular flexibility index (Phi) is 8.14. The van der Waals surface area contributed by atoms with Gasteiger partial charge in [-0.2, -0.15) is 0 Å². The Morgan fingerprint density at radius 1 is 1.29 bits per heavy atom. The maximum Gasteiger partial charge on any atom is 0.238 e. The maximum absolute atomic E-state index is 12.0. The smallest absolute Gasteiger partial charge is 0.238 e. The Morgan fingerprint density at radius 3 is 2.29 bits per heavy atom. The molecule has 134 valence electrons. The molecule has 0 heterocycles. The van der Waals surface area contributed by atoms with E-state index in [9.17, 15) is 13.2 Å². The molecule has 0 bridgehead atoms. The van der Waals surface area contributed by atoms with Gasteiger partial charge in [0.2, 0.25) is 15.9 Å². The molecule has 1 aromatic rings. The third-order valence-corrected chi connectivity index (χ3v) is 5.89. The van der Waals surface area contributed by atoms with Crippen LogP contribution in [0.5, 0.6) is 0 Å². The molecule has 9 heteroatoms. The van der Waals surface area contributed by atoms with E-state index in [4.69, 9.17) is 17.4 Å². The zero-order valence-electron chi connectivity index (χ0n) is 14.0. The van der Waals surface area contributed by atoms with E-state index in [0.717, 1.165) is 18.7 Å². The van der Waals surface area contributed by atoms with E-state index in [1.54, 1.807) is 12.1 Å². The Bertz CT molecular complexity index is 671. The number of thioether (sulfide) groups is 1. The van der Waals surface area contributed by atoms with Crippen molar-refractivity contribution in [2.75, 3.05) is 18.8 Å². The number of benzene rings is 1. The molecule has 0 unspecified atom stereocenters. The highest BCUT2D eigenvalue weighted by molar-refractivity contribution is 8.23. The molecule has 0 saturated carbocycles. The average molecular weight is 390 g/mol. The third kappa shape index (κ3) is 6.39. The maximum atomic E-state index is 12.0. The minimum absolute atomic E-state index is 0.0462. The number of rotatable bonds is 7. The fourth-order valence-electron chi connectivity index (χ4n) is 2.01. The third-order valence-electron chi connectivity index (χ3n) is 3.43. The SMILES string of the molecule is CCN(CC)C(=S)SCC(=O)N[C@@H](C)c1ccc(S(N)(=O)=O)cc1. The summed E-state index contributed by atoms with van der Waals surface area (Å²) in [5, 5.41) is 7.93. The number of thiocarbonyl (C=S) groups is 1. The minimum Gasteiger partial charge on any atom is -0.358 e. The summed E-state index contributed by atoms with van der Waals surface area (Å²) in [6.07, 6.45) is 0. The summed E-state index contributed by atoms with van der Waals surface area (Å²) in [4.78, 5) is 14.1. The van der Waals surface area contributed by atoms with Gasteiger partial charge in [-0.1, -0.05) is 36.1 Å². The Labute approximate surface area is 153 Å². The second-order valence-corrected chi connectivity index (χ2v) is 8.30. The highest BCUT2D eigenvalue weighted by Gasteiger charge is 2.14. The van der Waals surface area contributed by atoms with E-state index in [2.05, 4.69) is 5.32 Å². The van der Waals surface area contributed by atoms with E-state index in [-0.39, 0.29) is 22.6 Å². The first-order valence-corrected chi connectivity index (χ1v) is 10.5. The second-order valence-electron chi connectivity index (χ2n) is 5.13. The number of carbonyl (C=O) groups excluding carboxylic acids is 1. The number of nitrogens with two attached hydrogens (primary N) is 1. The van der Waals surface area contributed by atoms with E-state index in [1.807, 2.05) is 25.7 Å². The van der Waals surface area contributed by atoms with Crippen LogP contribution in [0.4, 0.5) is 0 Å². The number of nitrogens with one attached hydrogen (secondary N) is 1. The van der Waals surface area contributed by atoms with Gasteiger partial charge in [-0.05, 0) is 38.5 Å². The fourth-order valence-corrected chi connectivity index (χ4v) is 3.74. The molecule has 1 atom stereocenters. The second kappa shape index (κ2) is 9.36. The van der Waals surface area contributed by atoms with Crippen LogP contribution in [0.25, 0.3) is 0 Å². The normalized spacial score (nSPS) is 12.5. The van der Waals surface area contributed by atoms with Crippen molar-refractivity contribution >= 4 is 44.2 Å². The van der Waals surface area contributed by atoms with Crippen molar-refractivity contribution in [3.8, 4) is 0 Å². The van der Waals surface area contributed by atoms with Crippen molar-refractivity contribution in [2.45, 2.75) is 31.7 Å². The van der Waals surface area contributed by atoms with Crippen molar-refractivity contribution in [1.29, 1.82) is 0 Å². The van der Waals surface area contributed by atoms with Gasteiger partial charge in [0.15, 0.2) is 0 Å². The number of nitrogens with zero attached hydrogens (tertiary/aromatic N) is 1. The van der Waals surface area contributed by atoms with Crippen molar-refractivity contribution in [2.24, 2.45) is 5.14 Å². The van der Waals surface area contributed by atoms with Crippen LogP contribution in [-0.4, -0.2) is 42.4 Å². The number of primary sulfonamides is 1. The highest BCUT2D eigenvalue weighted by Crippen LogP contribution is 2.16. The summed E-state index contributed by atoms with van der Waals surface area (Å²) in [5.41, 5.74) is 0.798. The Balaban J connectivity index is 2.56. The molecule has 1 amide bonds. The lowest BCUT2D eigenvalue weighted by Gasteiger charge is -2.21. The Hall–Kier alpha value is -1.16. The van der Waals surface area contributed by atoms with Crippen LogP contribution >= 0.6 is 24.0 Å². The van der Waals surface area contributed by atoms with Gasteiger partial charge in [-0.3, -0.25) is 4.79 Å². The minimum atomic E-state index is -3.71. The van der Waals surface area contributed by atoms with Gasteiger partial charge in [0.25, 0.3) is 0 Å². The van der Waals surface area contributed by atoms with E-state index >= 15 is 0 Å². The standard InChI is InChI=1S/C15H23N3O3S3/c1-4-18(5-2)15(22)23-10-14(19)17-11(3)12-6-8-13(9-7-12)24(16,20)21/h6-9,11H,4-5,10H2,1-3H3,(H,17,19)(H2,16,20,21)/t11-/m0/s1. The average Bonchev–Trinajstić information content (AvgIpc) is 2.53. The molecule has 6 nitrogen and oxygen atoms in total. The van der Waals surface area contributed by atoms with Crippen LogP contribution < -0.4 is 10.5 Å². The van der Waals surface area contributed by atoms with Crippen molar-refractivity contribution in [3.05, 3.63) is 29.8 Å². The van der Waals surface area contributed by atoms with Crippen LogP contribution in [0.15, 0.2) is 29.2 Å². The van der Waals surface area contributed by atoms with Gasteiger partial charge >= 0.3 is 0 Å². The summed E-state index contributed by atoms with van der Waals surface area (Å²) in [7, 11) is -3.71. The van der Waals surface area contributed by atoms with Crippen LogP contribution in [-0.2, 0) is 14.8 Å². The van der Waals surface area contributed by atoms with E-state index in [0.29, 0.717) is 4.32 Å². The molecule has 0 fully saturated rings. The first-order chi connectivity index (χ1) is 11.2. The number of hydrogen-bond donors (Lipinski definition) is 2. The van der Waals surface area contributed by atoms with Gasteiger partial charge in [0, 0.05) is 13.1 Å². The molecule has 0 aromatic heterocycles. The summed E-state index contributed by atoms with van der Waals surface area (Å²) in [6, 6.07) is 5.89. The van der Waals surface area contributed by atoms with Crippen molar-refractivity contribution in [3.63, 3.8) is 0 Å².